The summed E-state index contributed by atoms with van der Waals surface area (Å²) in [6, 6.07) is 20.1. The van der Waals surface area contributed by atoms with Gasteiger partial charge in [-0.05, 0) is 37.1 Å². The first-order valence-electron chi connectivity index (χ1n) is 11.2. The van der Waals surface area contributed by atoms with Gasteiger partial charge in [0.1, 0.15) is 11.5 Å². The average Bonchev–Trinajstić information content (AvgIpc) is 2.71. The van der Waals surface area contributed by atoms with Crippen LogP contribution in [0.3, 0.4) is 0 Å². The lowest BCUT2D eigenvalue weighted by Crippen LogP contribution is -2.46. The van der Waals surface area contributed by atoms with Crippen LogP contribution in [-0.4, -0.2) is 5.79 Å². The lowest BCUT2D eigenvalue weighted by Gasteiger charge is -2.38. The zero-order chi connectivity index (χ0) is 20.1. The van der Waals surface area contributed by atoms with Crippen molar-refractivity contribution >= 4 is 0 Å². The summed E-state index contributed by atoms with van der Waals surface area (Å²) in [6.07, 6.45) is 11.2. The third-order valence-corrected chi connectivity index (χ3v) is 5.41. The number of unbranched alkanes of at least 4 members (excludes halogenated alkanes) is 5. The van der Waals surface area contributed by atoms with Gasteiger partial charge in [0.05, 0.1) is 0 Å². The van der Waals surface area contributed by atoms with Gasteiger partial charge in [-0.1, -0.05) is 95.2 Å². The summed E-state index contributed by atoms with van der Waals surface area (Å²) in [5, 5.41) is 0. The van der Waals surface area contributed by atoms with Gasteiger partial charge in [0.15, 0.2) is 0 Å². The lowest BCUT2D eigenvalue weighted by atomic mass is 9.88. The number of benzene rings is 2. The monoisotopic (exact) mass is 382 g/mol. The van der Waals surface area contributed by atoms with Crippen molar-refractivity contribution in [2.45, 2.75) is 84.3 Å². The molecule has 0 bridgehead atoms. The molecule has 0 aliphatic rings. The van der Waals surface area contributed by atoms with Crippen molar-refractivity contribution < 1.29 is 9.47 Å². The highest BCUT2D eigenvalue weighted by molar-refractivity contribution is 5.24. The Morgan fingerprint density at radius 3 is 1.64 bits per heavy atom. The van der Waals surface area contributed by atoms with E-state index in [1.165, 1.54) is 38.5 Å². The fraction of sp³-hybridized carbons (Fsp3) is 0.538. The zero-order valence-electron chi connectivity index (χ0n) is 18.0. The van der Waals surface area contributed by atoms with Gasteiger partial charge in [0.2, 0.25) is 0 Å². The molecule has 2 aromatic carbocycles. The number of para-hydroxylation sites is 2. The smallest absolute Gasteiger partial charge is 0.251 e. The molecule has 0 aromatic heterocycles. The maximum Gasteiger partial charge on any atom is 0.251 e. The summed E-state index contributed by atoms with van der Waals surface area (Å²) in [6.45, 7) is 6.63. The van der Waals surface area contributed by atoms with Gasteiger partial charge in [-0.25, -0.2) is 0 Å². The Hall–Kier alpha value is -1.96. The molecule has 0 aliphatic carbocycles. The highest BCUT2D eigenvalue weighted by Gasteiger charge is 2.38. The second-order valence-corrected chi connectivity index (χ2v) is 7.89. The maximum atomic E-state index is 6.49. The van der Waals surface area contributed by atoms with Crippen molar-refractivity contribution in [1.29, 1.82) is 0 Å². The number of hydrogen-bond donors (Lipinski definition) is 0. The molecular formula is C26H38O2. The molecule has 0 amide bonds. The van der Waals surface area contributed by atoms with Crippen LogP contribution in [0, 0.1) is 5.92 Å². The van der Waals surface area contributed by atoms with Crippen molar-refractivity contribution in [3.8, 4) is 11.5 Å². The summed E-state index contributed by atoms with van der Waals surface area (Å²) in [5.74, 6) is 1.40. The first-order valence-corrected chi connectivity index (χ1v) is 11.2. The third-order valence-electron chi connectivity index (χ3n) is 5.41. The molecule has 0 aliphatic heterocycles. The lowest BCUT2D eigenvalue weighted by molar-refractivity contribution is -0.146. The normalized spacial score (nSPS) is 12.5. The standard InChI is InChI=1S/C26H38O2/c1-4-6-7-8-9-12-18-23(17-5-2)26(3,27-24-19-13-10-14-20-24)28-25-21-15-11-16-22-25/h10-11,13-16,19-23H,4-9,12,17-18H2,1-3H3. The molecule has 28 heavy (non-hydrogen) atoms. The number of rotatable bonds is 14. The summed E-state index contributed by atoms with van der Waals surface area (Å²) in [7, 11) is 0. The van der Waals surface area contributed by atoms with Gasteiger partial charge < -0.3 is 9.47 Å². The minimum Gasteiger partial charge on any atom is -0.452 e. The Labute approximate surface area is 172 Å². The third kappa shape index (κ3) is 7.58. The van der Waals surface area contributed by atoms with Gasteiger partial charge >= 0.3 is 0 Å². The van der Waals surface area contributed by atoms with Crippen molar-refractivity contribution in [2.24, 2.45) is 5.92 Å². The van der Waals surface area contributed by atoms with E-state index in [1.54, 1.807) is 0 Å². The molecule has 2 aromatic rings. The molecule has 0 saturated carbocycles. The van der Waals surface area contributed by atoms with Crippen LogP contribution in [-0.2, 0) is 0 Å². The van der Waals surface area contributed by atoms with Crippen LogP contribution < -0.4 is 9.47 Å². The van der Waals surface area contributed by atoms with Crippen LogP contribution in [0.25, 0.3) is 0 Å². The molecule has 2 heteroatoms. The van der Waals surface area contributed by atoms with Crippen LogP contribution in [0.1, 0.15) is 78.6 Å². The Bertz CT molecular complexity index is 582. The average molecular weight is 383 g/mol. The first-order chi connectivity index (χ1) is 13.7. The molecule has 1 unspecified atom stereocenters. The van der Waals surface area contributed by atoms with E-state index in [1.807, 2.05) is 60.7 Å². The minimum atomic E-state index is -0.678. The van der Waals surface area contributed by atoms with Gasteiger partial charge in [0.25, 0.3) is 5.79 Å². The first kappa shape index (κ1) is 22.3. The minimum absolute atomic E-state index is 0.351. The van der Waals surface area contributed by atoms with E-state index in [9.17, 15) is 0 Å². The molecular weight excluding hydrogens is 344 g/mol. The quantitative estimate of drug-likeness (QED) is 0.243. The largest absolute Gasteiger partial charge is 0.452 e. The van der Waals surface area contributed by atoms with Crippen LogP contribution >= 0.6 is 0 Å². The molecule has 0 spiro atoms. The molecule has 2 nitrogen and oxygen atoms in total. The van der Waals surface area contributed by atoms with E-state index < -0.39 is 5.79 Å². The van der Waals surface area contributed by atoms with E-state index >= 15 is 0 Å². The van der Waals surface area contributed by atoms with E-state index in [-0.39, 0.29) is 0 Å². The van der Waals surface area contributed by atoms with Gasteiger partial charge in [-0.15, -0.1) is 0 Å². The van der Waals surface area contributed by atoms with Crippen LogP contribution in [0.15, 0.2) is 60.7 Å². The predicted molar refractivity (Wildman–Crippen MR) is 119 cm³/mol. The van der Waals surface area contributed by atoms with E-state index in [0.717, 1.165) is 30.8 Å². The summed E-state index contributed by atoms with van der Waals surface area (Å²) >= 11 is 0. The fourth-order valence-electron chi connectivity index (χ4n) is 3.82. The summed E-state index contributed by atoms with van der Waals surface area (Å²) in [4.78, 5) is 0. The second-order valence-electron chi connectivity index (χ2n) is 7.89. The Kier molecular flexibility index (Phi) is 9.96. The zero-order valence-corrected chi connectivity index (χ0v) is 18.0. The molecule has 154 valence electrons. The van der Waals surface area contributed by atoms with Crippen LogP contribution in [0.5, 0.6) is 11.5 Å². The second kappa shape index (κ2) is 12.5. The molecule has 2 rings (SSSR count). The highest BCUT2D eigenvalue weighted by Crippen LogP contribution is 2.34. The molecule has 1 atom stereocenters. The van der Waals surface area contributed by atoms with Gasteiger partial charge in [0, 0.05) is 12.8 Å². The molecule has 0 fully saturated rings. The number of hydrogen-bond acceptors (Lipinski definition) is 2. The highest BCUT2D eigenvalue weighted by atomic mass is 16.7. The molecule has 0 radical (unpaired) electrons. The Balaban J connectivity index is 2.10. The maximum absolute atomic E-state index is 6.49. The number of ether oxygens (including phenoxy) is 2. The van der Waals surface area contributed by atoms with Crippen molar-refractivity contribution in [2.75, 3.05) is 0 Å². The van der Waals surface area contributed by atoms with E-state index in [2.05, 4.69) is 20.8 Å². The molecule has 0 saturated heterocycles. The van der Waals surface area contributed by atoms with Crippen molar-refractivity contribution in [3.63, 3.8) is 0 Å². The Morgan fingerprint density at radius 2 is 1.14 bits per heavy atom. The van der Waals surface area contributed by atoms with Crippen molar-refractivity contribution in [3.05, 3.63) is 60.7 Å². The van der Waals surface area contributed by atoms with Gasteiger partial charge in [-0.3, -0.25) is 0 Å². The predicted octanol–water partition coefficient (Wildman–Crippen LogP) is 8.03. The van der Waals surface area contributed by atoms with E-state index in [0.29, 0.717) is 5.92 Å². The topological polar surface area (TPSA) is 18.5 Å². The summed E-state index contributed by atoms with van der Waals surface area (Å²) < 4.78 is 13.0. The Morgan fingerprint density at radius 1 is 0.643 bits per heavy atom. The summed E-state index contributed by atoms with van der Waals surface area (Å²) in [5.41, 5.74) is 0. The fourth-order valence-corrected chi connectivity index (χ4v) is 3.82. The van der Waals surface area contributed by atoms with Crippen LogP contribution in [0.2, 0.25) is 0 Å². The van der Waals surface area contributed by atoms with Crippen molar-refractivity contribution in [1.82, 2.24) is 0 Å². The molecule has 0 N–H and O–H groups in total. The van der Waals surface area contributed by atoms with Crippen LogP contribution in [0.4, 0.5) is 0 Å². The van der Waals surface area contributed by atoms with Gasteiger partial charge in [-0.2, -0.15) is 0 Å². The molecule has 0 heterocycles. The van der Waals surface area contributed by atoms with E-state index in [4.69, 9.17) is 9.47 Å². The SMILES string of the molecule is CCCCCCCCC(CCC)C(C)(Oc1ccccc1)Oc1ccccc1.